The van der Waals surface area contributed by atoms with E-state index in [0.717, 1.165) is 39.0 Å². The number of para-hydroxylation sites is 1. The Morgan fingerprint density at radius 3 is 2.46 bits per heavy atom. The summed E-state index contributed by atoms with van der Waals surface area (Å²) in [5, 5.41) is 8.27. The topological polar surface area (TPSA) is 50.5 Å². The molecule has 190 valence electrons. The van der Waals surface area contributed by atoms with Gasteiger partial charge in [0.05, 0.1) is 22.0 Å². The van der Waals surface area contributed by atoms with Crippen LogP contribution in [0.5, 0.6) is 0 Å². The number of fused-ring (bicyclic) bond motifs is 1. The van der Waals surface area contributed by atoms with Crippen LogP contribution in [-0.4, -0.2) is 32.3 Å². The van der Waals surface area contributed by atoms with Crippen LogP contribution in [0.2, 0.25) is 5.02 Å². The lowest BCUT2D eigenvalue weighted by molar-refractivity contribution is -0.121. The maximum Gasteiger partial charge on any atom is 0.267 e. The van der Waals surface area contributed by atoms with Crippen molar-refractivity contribution in [3.05, 3.63) is 131 Å². The van der Waals surface area contributed by atoms with Crippen molar-refractivity contribution in [2.45, 2.75) is 0 Å². The summed E-state index contributed by atoms with van der Waals surface area (Å²) < 4.78 is 1.83. The van der Waals surface area contributed by atoms with Gasteiger partial charge in [0.1, 0.15) is 0 Å². The molecule has 39 heavy (non-hydrogen) atoms. The van der Waals surface area contributed by atoms with Crippen LogP contribution in [0.3, 0.4) is 0 Å². The molecule has 7 heteroatoms. The zero-order valence-electron chi connectivity index (χ0n) is 20.9. The molecule has 0 N–H and O–H groups in total. The number of benzene rings is 4. The molecular formula is C32H23ClN4OS. The number of aliphatic imine (C=N–C) groups is 1. The van der Waals surface area contributed by atoms with E-state index in [9.17, 15) is 4.79 Å². The Kier molecular flexibility index (Phi) is 6.88. The monoisotopic (exact) mass is 546 g/mol. The Morgan fingerprint density at radius 1 is 0.923 bits per heavy atom. The van der Waals surface area contributed by atoms with Gasteiger partial charge >= 0.3 is 0 Å². The van der Waals surface area contributed by atoms with Crippen LogP contribution in [0.25, 0.3) is 33.8 Å². The average Bonchev–Trinajstić information content (AvgIpc) is 3.51. The Hall–Kier alpha value is -4.39. The van der Waals surface area contributed by atoms with Crippen LogP contribution in [0.4, 0.5) is 5.69 Å². The van der Waals surface area contributed by atoms with Crippen LogP contribution in [0, 0.1) is 0 Å². The number of amidine groups is 1. The standard InChI is InChI=1S/C32H23ClN4OS/c1-2-19-36-31(38)29(39-32(36)34-28-14-8-10-22-9-6-7-13-27(22)28)20-24-21-37(26-11-4-3-5-12-26)35-30(24)23-15-17-25(33)18-16-23/h2-18,20-21H,1,19H2. The lowest BCUT2D eigenvalue weighted by Crippen LogP contribution is -2.29. The van der Waals surface area contributed by atoms with Crippen molar-refractivity contribution < 1.29 is 4.79 Å². The van der Waals surface area contributed by atoms with Gasteiger partial charge in [-0.3, -0.25) is 9.69 Å². The van der Waals surface area contributed by atoms with Crippen molar-refractivity contribution >= 4 is 57.0 Å². The number of thioether (sulfide) groups is 1. The number of carbonyl (C=O) groups is 1. The zero-order valence-corrected chi connectivity index (χ0v) is 22.4. The first-order chi connectivity index (χ1) is 19.1. The smallest absolute Gasteiger partial charge is 0.267 e. The van der Waals surface area contributed by atoms with Gasteiger partial charge in [-0.1, -0.05) is 84.4 Å². The molecule has 5 aromatic rings. The Labute approximate surface area is 235 Å². The molecule has 0 aliphatic carbocycles. The van der Waals surface area contributed by atoms with E-state index in [1.165, 1.54) is 11.8 Å². The van der Waals surface area contributed by atoms with Crippen LogP contribution >= 0.6 is 23.4 Å². The summed E-state index contributed by atoms with van der Waals surface area (Å²) in [5.41, 5.74) is 4.23. The summed E-state index contributed by atoms with van der Waals surface area (Å²) >= 11 is 7.51. The van der Waals surface area contributed by atoms with Crippen molar-refractivity contribution in [2.24, 2.45) is 4.99 Å². The number of hydrogen-bond acceptors (Lipinski definition) is 4. The molecule has 4 aromatic carbocycles. The Bertz CT molecular complexity index is 1750. The quantitative estimate of drug-likeness (QED) is 0.159. The minimum absolute atomic E-state index is 0.117. The fourth-order valence-corrected chi connectivity index (χ4v) is 5.59. The maximum atomic E-state index is 13.6. The highest BCUT2D eigenvalue weighted by atomic mass is 35.5. The van der Waals surface area contributed by atoms with Gasteiger partial charge in [0.25, 0.3) is 5.91 Å². The third-order valence-electron chi connectivity index (χ3n) is 6.35. The molecule has 2 heterocycles. The summed E-state index contributed by atoms with van der Waals surface area (Å²) in [6.45, 7) is 4.22. The van der Waals surface area contributed by atoms with E-state index < -0.39 is 0 Å². The summed E-state index contributed by atoms with van der Waals surface area (Å²) in [6.07, 6.45) is 5.55. The second-order valence-corrected chi connectivity index (χ2v) is 10.4. The van der Waals surface area contributed by atoms with Crippen molar-refractivity contribution in [3.63, 3.8) is 0 Å². The predicted octanol–water partition coefficient (Wildman–Crippen LogP) is 8.14. The zero-order chi connectivity index (χ0) is 26.8. The van der Waals surface area contributed by atoms with Crippen molar-refractivity contribution in [1.29, 1.82) is 0 Å². The Morgan fingerprint density at radius 2 is 1.67 bits per heavy atom. The molecule has 1 saturated heterocycles. The molecule has 6 rings (SSSR count). The largest absolute Gasteiger partial charge is 0.283 e. The summed E-state index contributed by atoms with van der Waals surface area (Å²) in [4.78, 5) is 20.8. The molecule has 1 fully saturated rings. The maximum absolute atomic E-state index is 13.6. The molecular weight excluding hydrogens is 524 g/mol. The minimum Gasteiger partial charge on any atom is -0.283 e. The fourth-order valence-electron chi connectivity index (χ4n) is 4.47. The van der Waals surface area contributed by atoms with E-state index >= 15 is 0 Å². The number of nitrogens with zero attached hydrogens (tertiary/aromatic N) is 4. The summed E-state index contributed by atoms with van der Waals surface area (Å²) in [7, 11) is 0. The first kappa shape index (κ1) is 24.9. The summed E-state index contributed by atoms with van der Waals surface area (Å²) in [6, 6.07) is 31.5. The van der Waals surface area contributed by atoms with Gasteiger partial charge in [-0.2, -0.15) is 5.10 Å². The molecule has 1 aliphatic heterocycles. The first-order valence-electron chi connectivity index (χ1n) is 12.4. The van der Waals surface area contributed by atoms with Gasteiger partial charge in [-0.15, -0.1) is 6.58 Å². The van der Waals surface area contributed by atoms with Crippen LogP contribution < -0.4 is 0 Å². The molecule has 1 aromatic heterocycles. The highest BCUT2D eigenvalue weighted by Gasteiger charge is 2.33. The molecule has 0 atom stereocenters. The van der Waals surface area contributed by atoms with E-state index in [1.807, 2.05) is 102 Å². The molecule has 1 aliphatic rings. The normalized spacial score (nSPS) is 15.5. The second-order valence-electron chi connectivity index (χ2n) is 8.93. The lowest BCUT2D eigenvalue weighted by atomic mass is 10.1. The fraction of sp³-hybridized carbons (Fsp3) is 0.0312. The van der Waals surface area contributed by atoms with Crippen molar-refractivity contribution in [3.8, 4) is 16.9 Å². The van der Waals surface area contributed by atoms with Gasteiger partial charge in [0.2, 0.25) is 0 Å². The highest BCUT2D eigenvalue weighted by molar-refractivity contribution is 8.18. The predicted molar refractivity (Wildman–Crippen MR) is 163 cm³/mol. The number of carbonyl (C=O) groups excluding carboxylic acids is 1. The number of amides is 1. The molecule has 0 saturated carbocycles. The van der Waals surface area contributed by atoms with Crippen molar-refractivity contribution in [2.75, 3.05) is 6.54 Å². The average molecular weight is 547 g/mol. The summed E-state index contributed by atoms with van der Waals surface area (Å²) in [5.74, 6) is -0.117. The van der Waals surface area contributed by atoms with Crippen LogP contribution in [0.1, 0.15) is 5.56 Å². The molecule has 0 bridgehead atoms. The molecule has 1 amide bonds. The molecule has 0 spiro atoms. The number of rotatable bonds is 6. The van der Waals surface area contributed by atoms with Crippen LogP contribution in [-0.2, 0) is 4.79 Å². The molecule has 0 radical (unpaired) electrons. The van der Waals surface area contributed by atoms with E-state index in [4.69, 9.17) is 21.7 Å². The third kappa shape index (κ3) is 5.04. The third-order valence-corrected chi connectivity index (χ3v) is 7.61. The van der Waals surface area contributed by atoms with Gasteiger partial charge in [0.15, 0.2) is 5.17 Å². The van der Waals surface area contributed by atoms with E-state index in [1.54, 1.807) is 11.0 Å². The van der Waals surface area contributed by atoms with E-state index in [0.29, 0.717) is 21.6 Å². The molecule has 5 nitrogen and oxygen atoms in total. The molecule has 0 unspecified atom stereocenters. The Balaban J connectivity index is 1.44. The van der Waals surface area contributed by atoms with Gasteiger partial charge in [-0.25, -0.2) is 9.67 Å². The second kappa shape index (κ2) is 10.8. The SMILES string of the molecule is C=CCN1C(=O)C(=Cc2cn(-c3ccccc3)nc2-c2ccc(Cl)cc2)SC1=Nc1cccc2ccccc12. The van der Waals surface area contributed by atoms with Gasteiger partial charge in [0, 0.05) is 34.3 Å². The van der Waals surface area contributed by atoms with Gasteiger partial charge in [-0.05, 0) is 53.6 Å². The van der Waals surface area contributed by atoms with Crippen LogP contribution in [0.15, 0.2) is 126 Å². The van der Waals surface area contributed by atoms with E-state index in [-0.39, 0.29) is 5.91 Å². The van der Waals surface area contributed by atoms with Gasteiger partial charge < -0.3 is 0 Å². The number of halogens is 1. The first-order valence-corrected chi connectivity index (χ1v) is 13.6. The van der Waals surface area contributed by atoms with Crippen molar-refractivity contribution in [1.82, 2.24) is 14.7 Å². The number of aromatic nitrogens is 2. The minimum atomic E-state index is -0.117. The highest BCUT2D eigenvalue weighted by Crippen LogP contribution is 2.37. The number of hydrogen-bond donors (Lipinski definition) is 0. The van der Waals surface area contributed by atoms with E-state index in [2.05, 4.69) is 18.7 Å². The lowest BCUT2D eigenvalue weighted by Gasteiger charge is -2.13.